The van der Waals surface area contributed by atoms with Crippen LogP contribution in [0.15, 0.2) is 21.8 Å². The molecule has 1 rings (SSSR count). The molecule has 17 heavy (non-hydrogen) atoms. The predicted octanol–water partition coefficient (Wildman–Crippen LogP) is 3.21. The maximum Gasteiger partial charge on any atom is 0.143 e. The minimum absolute atomic E-state index is 0.0630. The summed E-state index contributed by atoms with van der Waals surface area (Å²) in [5, 5.41) is 15.4. The van der Waals surface area contributed by atoms with E-state index in [1.807, 2.05) is 26.0 Å². The monoisotopic (exact) mass is 319 g/mol. The van der Waals surface area contributed by atoms with Crippen molar-refractivity contribution in [1.82, 2.24) is 0 Å². The normalized spacial score (nSPS) is 13.5. The van der Waals surface area contributed by atoms with Gasteiger partial charge < -0.3 is 16.3 Å². The lowest BCUT2D eigenvalue weighted by Gasteiger charge is -2.14. The number of halogens is 2. The van der Waals surface area contributed by atoms with Crippen molar-refractivity contribution in [3.05, 3.63) is 27.2 Å². The van der Waals surface area contributed by atoms with Crippen molar-refractivity contribution in [2.75, 3.05) is 11.9 Å². The third-order valence-electron chi connectivity index (χ3n) is 2.47. The largest absolute Gasteiger partial charge is 0.409 e. The van der Waals surface area contributed by atoms with Crippen LogP contribution >= 0.6 is 27.5 Å². The summed E-state index contributed by atoms with van der Waals surface area (Å²) in [6.07, 6.45) is 0. The van der Waals surface area contributed by atoms with Crippen LogP contribution in [0.3, 0.4) is 0 Å². The van der Waals surface area contributed by atoms with Crippen LogP contribution in [0.2, 0.25) is 5.02 Å². The van der Waals surface area contributed by atoms with Crippen LogP contribution in [0.25, 0.3) is 0 Å². The zero-order valence-corrected chi connectivity index (χ0v) is 12.0. The van der Waals surface area contributed by atoms with Crippen LogP contribution in [0, 0.1) is 12.8 Å². The quantitative estimate of drug-likeness (QED) is 0.345. The lowest BCUT2D eigenvalue weighted by atomic mass is 10.1. The Morgan fingerprint density at radius 2 is 2.29 bits per heavy atom. The molecule has 4 N–H and O–H groups in total. The van der Waals surface area contributed by atoms with Gasteiger partial charge in [-0.3, -0.25) is 0 Å². The van der Waals surface area contributed by atoms with Gasteiger partial charge in [-0.2, -0.15) is 0 Å². The van der Waals surface area contributed by atoms with Gasteiger partial charge >= 0.3 is 0 Å². The maximum absolute atomic E-state index is 8.54. The third kappa shape index (κ3) is 3.78. The van der Waals surface area contributed by atoms with E-state index in [4.69, 9.17) is 22.5 Å². The highest BCUT2D eigenvalue weighted by molar-refractivity contribution is 9.10. The lowest BCUT2D eigenvalue weighted by Crippen LogP contribution is -2.27. The van der Waals surface area contributed by atoms with Crippen LogP contribution in [0.5, 0.6) is 0 Å². The van der Waals surface area contributed by atoms with Gasteiger partial charge in [0.25, 0.3) is 0 Å². The summed E-state index contributed by atoms with van der Waals surface area (Å²) in [6, 6.07) is 3.79. The van der Waals surface area contributed by atoms with Gasteiger partial charge in [-0.05, 0) is 40.5 Å². The number of nitrogens with two attached hydrogens (primary N) is 1. The standard InChI is InChI=1S/C11H15BrClN3O/c1-6-3-8(12)10(4-9(6)13)15-5-7(2)11(14)16-17/h3-4,7,15,17H,5H2,1-2H3,(H2,14,16). The Bertz CT molecular complexity index is 437. The molecule has 0 saturated heterocycles. The molecule has 1 aromatic carbocycles. The Balaban J connectivity index is 2.73. The van der Waals surface area contributed by atoms with Crippen LogP contribution in [0.1, 0.15) is 12.5 Å². The SMILES string of the molecule is Cc1cc(Br)c(NCC(C)/C(N)=N/O)cc1Cl. The Morgan fingerprint density at radius 1 is 1.65 bits per heavy atom. The minimum Gasteiger partial charge on any atom is -0.409 e. The Morgan fingerprint density at radius 3 is 2.88 bits per heavy atom. The molecular weight excluding hydrogens is 305 g/mol. The third-order valence-corrected chi connectivity index (χ3v) is 3.53. The van der Waals surface area contributed by atoms with Crippen molar-refractivity contribution >= 4 is 39.1 Å². The number of amidine groups is 1. The van der Waals surface area contributed by atoms with Gasteiger partial charge in [-0.25, -0.2) is 0 Å². The van der Waals surface area contributed by atoms with E-state index < -0.39 is 0 Å². The van der Waals surface area contributed by atoms with Gasteiger partial charge in [-0.15, -0.1) is 0 Å². The predicted molar refractivity (Wildman–Crippen MR) is 75.0 cm³/mol. The fourth-order valence-electron chi connectivity index (χ4n) is 1.25. The molecule has 0 fully saturated rings. The molecule has 1 atom stereocenters. The topological polar surface area (TPSA) is 70.6 Å². The molecule has 0 radical (unpaired) electrons. The fraction of sp³-hybridized carbons (Fsp3) is 0.364. The number of nitrogens with zero attached hydrogens (tertiary/aromatic N) is 1. The summed E-state index contributed by atoms with van der Waals surface area (Å²) in [5.41, 5.74) is 7.39. The summed E-state index contributed by atoms with van der Waals surface area (Å²) >= 11 is 9.50. The number of rotatable bonds is 4. The maximum atomic E-state index is 8.54. The first kappa shape index (κ1) is 14.1. The second-order valence-electron chi connectivity index (χ2n) is 3.89. The molecule has 0 heterocycles. The van der Waals surface area contributed by atoms with Gasteiger partial charge in [0.05, 0.1) is 0 Å². The zero-order chi connectivity index (χ0) is 13.0. The number of benzene rings is 1. The summed E-state index contributed by atoms with van der Waals surface area (Å²) < 4.78 is 0.936. The van der Waals surface area contributed by atoms with E-state index in [0.717, 1.165) is 15.7 Å². The molecule has 0 bridgehead atoms. The number of hydrogen-bond donors (Lipinski definition) is 3. The summed E-state index contributed by atoms with van der Waals surface area (Å²) in [7, 11) is 0. The number of nitrogens with one attached hydrogen (secondary N) is 1. The zero-order valence-electron chi connectivity index (χ0n) is 9.67. The Labute approximate surface area is 114 Å². The molecule has 0 aliphatic rings. The van der Waals surface area contributed by atoms with Gasteiger partial charge in [0.2, 0.25) is 0 Å². The highest BCUT2D eigenvalue weighted by Gasteiger charge is 2.09. The number of hydrogen-bond acceptors (Lipinski definition) is 3. The number of aryl methyl sites for hydroxylation is 1. The molecule has 6 heteroatoms. The molecule has 1 aromatic rings. The van der Waals surface area contributed by atoms with E-state index in [9.17, 15) is 0 Å². The van der Waals surface area contributed by atoms with E-state index >= 15 is 0 Å². The van der Waals surface area contributed by atoms with Crippen LogP contribution in [-0.2, 0) is 0 Å². The Hall–Kier alpha value is -0.940. The lowest BCUT2D eigenvalue weighted by molar-refractivity contribution is 0.315. The first-order valence-corrected chi connectivity index (χ1v) is 6.29. The van der Waals surface area contributed by atoms with Crippen LogP contribution in [0.4, 0.5) is 5.69 Å². The summed E-state index contributed by atoms with van der Waals surface area (Å²) in [6.45, 7) is 4.37. The highest BCUT2D eigenvalue weighted by Crippen LogP contribution is 2.29. The van der Waals surface area contributed by atoms with E-state index in [-0.39, 0.29) is 11.8 Å². The molecule has 0 saturated carbocycles. The van der Waals surface area contributed by atoms with Crippen molar-refractivity contribution in [2.45, 2.75) is 13.8 Å². The van der Waals surface area contributed by atoms with Gasteiger partial charge in [0, 0.05) is 27.6 Å². The van der Waals surface area contributed by atoms with E-state index in [2.05, 4.69) is 26.4 Å². The van der Waals surface area contributed by atoms with Gasteiger partial charge in [0.1, 0.15) is 5.84 Å². The molecule has 0 aliphatic carbocycles. The Kier molecular flexibility index (Phi) is 5.08. The summed E-state index contributed by atoms with van der Waals surface area (Å²) in [4.78, 5) is 0. The molecule has 0 spiro atoms. The number of oxime groups is 1. The van der Waals surface area contributed by atoms with Gasteiger partial charge in [0.15, 0.2) is 0 Å². The van der Waals surface area contributed by atoms with Crippen molar-refractivity contribution < 1.29 is 5.21 Å². The molecule has 0 aliphatic heterocycles. The minimum atomic E-state index is -0.0630. The summed E-state index contributed by atoms with van der Waals surface area (Å²) in [5.74, 6) is 0.138. The number of anilines is 1. The molecule has 0 aromatic heterocycles. The van der Waals surface area contributed by atoms with Crippen molar-refractivity contribution in [1.29, 1.82) is 0 Å². The van der Waals surface area contributed by atoms with Crippen LogP contribution in [-0.4, -0.2) is 17.6 Å². The van der Waals surface area contributed by atoms with E-state index in [1.54, 1.807) is 0 Å². The second kappa shape index (κ2) is 6.12. The first-order valence-electron chi connectivity index (χ1n) is 5.12. The van der Waals surface area contributed by atoms with Crippen LogP contribution < -0.4 is 11.1 Å². The van der Waals surface area contributed by atoms with Crippen molar-refractivity contribution in [2.24, 2.45) is 16.8 Å². The molecule has 1 unspecified atom stereocenters. The van der Waals surface area contributed by atoms with Gasteiger partial charge in [-0.1, -0.05) is 23.7 Å². The smallest absolute Gasteiger partial charge is 0.143 e. The average Bonchev–Trinajstić information content (AvgIpc) is 2.30. The van der Waals surface area contributed by atoms with Crippen molar-refractivity contribution in [3.63, 3.8) is 0 Å². The molecule has 4 nitrogen and oxygen atoms in total. The van der Waals surface area contributed by atoms with E-state index in [0.29, 0.717) is 11.6 Å². The molecular formula is C11H15BrClN3O. The van der Waals surface area contributed by atoms with Crippen molar-refractivity contribution in [3.8, 4) is 0 Å². The fourth-order valence-corrected chi connectivity index (χ4v) is 2.01. The first-order chi connectivity index (χ1) is 7.95. The average molecular weight is 321 g/mol. The second-order valence-corrected chi connectivity index (χ2v) is 5.15. The molecule has 94 valence electrons. The molecule has 0 amide bonds. The van der Waals surface area contributed by atoms with E-state index in [1.165, 1.54) is 0 Å². The highest BCUT2D eigenvalue weighted by atomic mass is 79.9.